The number of benzene rings is 3. The van der Waals surface area contributed by atoms with E-state index in [0.29, 0.717) is 30.4 Å². The van der Waals surface area contributed by atoms with Gasteiger partial charge in [-0.1, -0.05) is 37.3 Å². The number of halogens is 2. The van der Waals surface area contributed by atoms with Crippen LogP contribution in [-0.2, 0) is 17.8 Å². The Balaban J connectivity index is 1.67. The van der Waals surface area contributed by atoms with E-state index in [1.165, 1.54) is 0 Å². The number of carbonyl (C=O) groups excluding carboxylic acids is 2. The van der Waals surface area contributed by atoms with Gasteiger partial charge >= 0.3 is 0 Å². The summed E-state index contributed by atoms with van der Waals surface area (Å²) < 4.78 is 32.6. The molecule has 0 unspecified atom stereocenters. The summed E-state index contributed by atoms with van der Waals surface area (Å²) in [5.74, 6) is -2.86. The molecule has 0 aromatic heterocycles. The van der Waals surface area contributed by atoms with Crippen LogP contribution in [0.15, 0.2) is 60.7 Å². The van der Waals surface area contributed by atoms with E-state index in [4.69, 9.17) is 4.74 Å². The average molecular weight is 454 g/mol. The topological polar surface area (TPSA) is 87.7 Å². The first kappa shape index (κ1) is 23.9. The van der Waals surface area contributed by atoms with E-state index in [2.05, 4.69) is 10.9 Å². The quantitative estimate of drug-likeness (QED) is 0.473. The van der Waals surface area contributed by atoms with Gasteiger partial charge in [0, 0.05) is 11.6 Å². The standard InChI is InChI=1S/C25H24F2N2O4/c1-3-20-15(2)22(33-14-16-7-5-4-6-8-16)10-9-21(20)24(31)28-29-25(32)23(30)17-11-18(26)13-19(27)12-17/h4-13,23,30H,3,14H2,1-2H3,(H,28,31)(H,29,32)/t23-/m0/s1. The van der Waals surface area contributed by atoms with Crippen LogP contribution >= 0.6 is 0 Å². The van der Waals surface area contributed by atoms with Crippen LogP contribution < -0.4 is 15.6 Å². The number of hydrogen-bond donors (Lipinski definition) is 3. The highest BCUT2D eigenvalue weighted by Crippen LogP contribution is 2.26. The lowest BCUT2D eigenvalue weighted by Crippen LogP contribution is -2.44. The third-order valence-corrected chi connectivity index (χ3v) is 5.13. The van der Waals surface area contributed by atoms with Crippen molar-refractivity contribution < 1.29 is 28.2 Å². The molecule has 2 amide bonds. The summed E-state index contributed by atoms with van der Waals surface area (Å²) in [4.78, 5) is 24.8. The van der Waals surface area contributed by atoms with Crippen molar-refractivity contribution in [2.24, 2.45) is 0 Å². The third kappa shape index (κ3) is 5.93. The molecule has 0 spiro atoms. The van der Waals surface area contributed by atoms with E-state index >= 15 is 0 Å². The highest BCUT2D eigenvalue weighted by atomic mass is 19.1. The molecule has 3 N–H and O–H groups in total. The monoisotopic (exact) mass is 454 g/mol. The van der Waals surface area contributed by atoms with Crippen molar-refractivity contribution in [2.75, 3.05) is 0 Å². The average Bonchev–Trinajstić information content (AvgIpc) is 2.80. The van der Waals surface area contributed by atoms with E-state index in [1.807, 2.05) is 44.2 Å². The molecule has 0 saturated carbocycles. The van der Waals surface area contributed by atoms with Crippen molar-refractivity contribution in [1.82, 2.24) is 10.9 Å². The molecule has 0 heterocycles. The molecule has 0 aliphatic carbocycles. The van der Waals surface area contributed by atoms with Gasteiger partial charge in [-0.2, -0.15) is 0 Å². The highest BCUT2D eigenvalue weighted by molar-refractivity contribution is 5.97. The molecule has 0 bridgehead atoms. The molecular weight excluding hydrogens is 430 g/mol. The number of aliphatic hydroxyl groups excluding tert-OH is 1. The van der Waals surface area contributed by atoms with Crippen molar-refractivity contribution in [2.45, 2.75) is 33.0 Å². The predicted octanol–water partition coefficient (Wildman–Crippen LogP) is 3.91. The van der Waals surface area contributed by atoms with Crippen LogP contribution in [0.4, 0.5) is 8.78 Å². The second-order valence-corrected chi connectivity index (χ2v) is 7.39. The van der Waals surface area contributed by atoms with Crippen molar-refractivity contribution >= 4 is 11.8 Å². The molecule has 0 aliphatic rings. The molecule has 8 heteroatoms. The Kier molecular flexibility index (Phi) is 7.74. The smallest absolute Gasteiger partial charge is 0.271 e. The fourth-order valence-electron chi connectivity index (χ4n) is 3.43. The van der Waals surface area contributed by atoms with Crippen LogP contribution in [-0.4, -0.2) is 16.9 Å². The first-order valence-corrected chi connectivity index (χ1v) is 10.3. The van der Waals surface area contributed by atoms with E-state index < -0.39 is 29.6 Å². The van der Waals surface area contributed by atoms with E-state index in [9.17, 15) is 23.5 Å². The number of aliphatic hydroxyl groups is 1. The number of ether oxygens (including phenoxy) is 1. The molecule has 0 saturated heterocycles. The van der Waals surface area contributed by atoms with Crippen molar-refractivity contribution in [3.63, 3.8) is 0 Å². The van der Waals surface area contributed by atoms with Crippen LogP contribution in [0.25, 0.3) is 0 Å². The summed E-state index contributed by atoms with van der Waals surface area (Å²) in [6.07, 6.45) is -1.33. The first-order valence-electron chi connectivity index (χ1n) is 10.3. The summed E-state index contributed by atoms with van der Waals surface area (Å²) in [6.45, 7) is 4.11. The van der Waals surface area contributed by atoms with Gasteiger partial charge in [-0.25, -0.2) is 8.78 Å². The van der Waals surface area contributed by atoms with Crippen molar-refractivity contribution in [1.29, 1.82) is 0 Å². The van der Waals surface area contributed by atoms with Gasteiger partial charge in [0.15, 0.2) is 6.10 Å². The van der Waals surface area contributed by atoms with Crippen molar-refractivity contribution in [3.8, 4) is 5.75 Å². The Morgan fingerprint density at radius 1 is 1.00 bits per heavy atom. The second kappa shape index (κ2) is 10.7. The molecule has 3 rings (SSSR count). The van der Waals surface area contributed by atoms with Gasteiger partial charge in [-0.15, -0.1) is 0 Å². The minimum Gasteiger partial charge on any atom is -0.489 e. The minimum atomic E-state index is -1.86. The lowest BCUT2D eigenvalue weighted by Gasteiger charge is -2.17. The summed E-state index contributed by atoms with van der Waals surface area (Å²) in [5, 5.41) is 10.0. The summed E-state index contributed by atoms with van der Waals surface area (Å²) >= 11 is 0. The zero-order valence-electron chi connectivity index (χ0n) is 18.2. The maximum Gasteiger partial charge on any atom is 0.271 e. The first-order chi connectivity index (χ1) is 15.8. The minimum absolute atomic E-state index is 0.274. The normalized spacial score (nSPS) is 11.5. The van der Waals surface area contributed by atoms with Crippen LogP contribution in [0.1, 0.15) is 45.6 Å². The Bertz CT molecular complexity index is 1130. The summed E-state index contributed by atoms with van der Waals surface area (Å²) in [5.41, 5.74) is 6.91. The zero-order valence-corrected chi connectivity index (χ0v) is 18.2. The van der Waals surface area contributed by atoms with Gasteiger partial charge in [-0.05, 0) is 59.9 Å². The Hall–Kier alpha value is -3.78. The molecule has 3 aromatic rings. The van der Waals surface area contributed by atoms with Crippen LogP contribution in [0.3, 0.4) is 0 Å². The molecule has 0 radical (unpaired) electrons. The Labute approximate surface area is 190 Å². The molecule has 6 nitrogen and oxygen atoms in total. The fraction of sp³-hybridized carbons (Fsp3) is 0.200. The molecule has 0 fully saturated rings. The molecule has 172 valence electrons. The number of amides is 2. The van der Waals surface area contributed by atoms with Crippen molar-refractivity contribution in [3.05, 3.63) is 100 Å². The molecule has 0 aliphatic heterocycles. The van der Waals surface area contributed by atoms with Crippen LogP contribution in [0, 0.1) is 18.6 Å². The number of hydrazine groups is 1. The lowest BCUT2D eigenvalue weighted by molar-refractivity contribution is -0.130. The Morgan fingerprint density at radius 3 is 2.30 bits per heavy atom. The highest BCUT2D eigenvalue weighted by Gasteiger charge is 2.21. The van der Waals surface area contributed by atoms with E-state index in [0.717, 1.165) is 28.8 Å². The third-order valence-electron chi connectivity index (χ3n) is 5.13. The molecular formula is C25H24F2N2O4. The second-order valence-electron chi connectivity index (χ2n) is 7.39. The molecule has 33 heavy (non-hydrogen) atoms. The van der Waals surface area contributed by atoms with Gasteiger partial charge in [0.25, 0.3) is 11.8 Å². The number of rotatable bonds is 7. The number of carbonyl (C=O) groups is 2. The molecule has 3 aromatic carbocycles. The zero-order chi connectivity index (χ0) is 24.0. The van der Waals surface area contributed by atoms with Gasteiger partial charge in [0.05, 0.1) is 0 Å². The van der Waals surface area contributed by atoms with Gasteiger partial charge in [0.2, 0.25) is 0 Å². The summed E-state index contributed by atoms with van der Waals surface area (Å²) in [6, 6.07) is 15.2. The SMILES string of the molecule is CCc1c(C(=O)NNC(=O)[C@@H](O)c2cc(F)cc(F)c2)ccc(OCc2ccccc2)c1C. The van der Waals surface area contributed by atoms with Crippen LogP contribution in [0.5, 0.6) is 5.75 Å². The number of nitrogens with one attached hydrogen (secondary N) is 2. The maximum atomic E-state index is 13.3. The van der Waals surface area contributed by atoms with Gasteiger partial charge < -0.3 is 9.84 Å². The largest absolute Gasteiger partial charge is 0.489 e. The summed E-state index contributed by atoms with van der Waals surface area (Å²) in [7, 11) is 0. The van der Waals surface area contributed by atoms with E-state index in [1.54, 1.807) is 12.1 Å². The maximum absolute atomic E-state index is 13.3. The number of hydrogen-bond acceptors (Lipinski definition) is 4. The lowest BCUT2D eigenvalue weighted by atomic mass is 9.98. The Morgan fingerprint density at radius 2 is 1.67 bits per heavy atom. The molecule has 1 atom stereocenters. The fourth-order valence-corrected chi connectivity index (χ4v) is 3.43. The van der Waals surface area contributed by atoms with E-state index in [-0.39, 0.29) is 5.56 Å². The van der Waals surface area contributed by atoms with Gasteiger partial charge in [-0.3, -0.25) is 20.4 Å². The predicted molar refractivity (Wildman–Crippen MR) is 118 cm³/mol. The van der Waals surface area contributed by atoms with Gasteiger partial charge in [0.1, 0.15) is 24.0 Å². The van der Waals surface area contributed by atoms with Crippen LogP contribution in [0.2, 0.25) is 0 Å².